The van der Waals surface area contributed by atoms with Crippen molar-refractivity contribution in [2.75, 3.05) is 6.54 Å². The minimum absolute atomic E-state index is 0.126. The van der Waals surface area contributed by atoms with Crippen molar-refractivity contribution in [3.8, 4) is 0 Å². The van der Waals surface area contributed by atoms with E-state index in [-0.39, 0.29) is 5.41 Å². The highest BCUT2D eigenvalue weighted by atomic mass is 15.3. The lowest BCUT2D eigenvalue weighted by molar-refractivity contribution is 0.226. The summed E-state index contributed by atoms with van der Waals surface area (Å²) in [5, 5.41) is 8.23. The molecule has 2 rings (SSSR count). The number of hydrogen-bond donors (Lipinski definition) is 1. The fraction of sp³-hybridized carbons (Fsp3) is 0.800. The first-order valence-electron chi connectivity index (χ1n) is 5.30. The van der Waals surface area contributed by atoms with E-state index in [2.05, 4.69) is 28.6 Å². The van der Waals surface area contributed by atoms with Crippen LogP contribution in [0, 0.1) is 0 Å². The van der Waals surface area contributed by atoms with Gasteiger partial charge in [0.05, 0.1) is 0 Å². The van der Waals surface area contributed by atoms with Gasteiger partial charge in [-0.05, 0) is 26.7 Å². The first-order chi connectivity index (χ1) is 6.69. The van der Waals surface area contributed by atoms with Crippen LogP contribution >= 0.6 is 0 Å². The molecule has 1 fully saturated rings. The van der Waals surface area contributed by atoms with Gasteiger partial charge in [-0.2, -0.15) is 0 Å². The summed E-state index contributed by atoms with van der Waals surface area (Å²) in [6.07, 6.45) is 5.40. The van der Waals surface area contributed by atoms with Gasteiger partial charge in [0.15, 0.2) is 0 Å². The maximum Gasteiger partial charge on any atom is 0.140 e. The summed E-state index contributed by atoms with van der Waals surface area (Å²) in [6, 6.07) is 0.420. The van der Waals surface area contributed by atoms with Crippen LogP contribution in [0.4, 0.5) is 0 Å². The predicted octanol–water partition coefficient (Wildman–Crippen LogP) is 1.24. The normalized spacial score (nSPS) is 19.7. The Bertz CT molecular complexity index is 306. The van der Waals surface area contributed by atoms with Crippen LogP contribution in [0.5, 0.6) is 0 Å². The zero-order chi connectivity index (χ0) is 10.2. The lowest BCUT2D eigenvalue weighted by Crippen LogP contribution is -2.44. The molecule has 0 amide bonds. The van der Waals surface area contributed by atoms with E-state index in [0.717, 1.165) is 18.7 Å². The lowest BCUT2D eigenvalue weighted by atomic mass is 9.68. The molecule has 2 N–H and O–H groups in total. The molecule has 1 aliphatic rings. The molecule has 1 aliphatic carbocycles. The molecule has 1 aromatic heterocycles. The molecular weight excluding hydrogens is 176 g/mol. The Labute approximate surface area is 84.5 Å². The number of rotatable bonds is 3. The molecule has 0 radical (unpaired) electrons. The molecule has 78 valence electrons. The second-order valence-corrected chi connectivity index (χ2v) is 4.49. The Morgan fingerprint density at radius 2 is 2.29 bits per heavy atom. The molecule has 14 heavy (non-hydrogen) atoms. The topological polar surface area (TPSA) is 56.7 Å². The van der Waals surface area contributed by atoms with Gasteiger partial charge in [-0.1, -0.05) is 6.42 Å². The van der Waals surface area contributed by atoms with Gasteiger partial charge in [0.1, 0.15) is 12.2 Å². The third-order valence-corrected chi connectivity index (χ3v) is 3.31. The molecule has 0 aromatic carbocycles. The molecule has 4 heteroatoms. The molecule has 1 heterocycles. The van der Waals surface area contributed by atoms with Gasteiger partial charge in [0, 0.05) is 18.0 Å². The Morgan fingerprint density at radius 3 is 2.71 bits per heavy atom. The van der Waals surface area contributed by atoms with Crippen molar-refractivity contribution < 1.29 is 0 Å². The van der Waals surface area contributed by atoms with E-state index >= 15 is 0 Å². The van der Waals surface area contributed by atoms with E-state index in [1.54, 1.807) is 0 Å². The smallest absolute Gasteiger partial charge is 0.140 e. The molecule has 0 spiro atoms. The van der Waals surface area contributed by atoms with Crippen LogP contribution < -0.4 is 5.73 Å². The third-order valence-electron chi connectivity index (χ3n) is 3.31. The predicted molar refractivity (Wildman–Crippen MR) is 55.0 cm³/mol. The molecule has 0 atom stereocenters. The van der Waals surface area contributed by atoms with E-state index in [4.69, 9.17) is 5.73 Å². The second kappa shape index (κ2) is 3.35. The van der Waals surface area contributed by atoms with Gasteiger partial charge in [-0.3, -0.25) is 0 Å². The van der Waals surface area contributed by atoms with Crippen molar-refractivity contribution in [3.63, 3.8) is 0 Å². The molecule has 1 saturated carbocycles. The maximum atomic E-state index is 5.85. The summed E-state index contributed by atoms with van der Waals surface area (Å²) < 4.78 is 2.14. The van der Waals surface area contributed by atoms with E-state index < -0.39 is 0 Å². The van der Waals surface area contributed by atoms with Crippen LogP contribution in [0.1, 0.15) is 45.0 Å². The first-order valence-corrected chi connectivity index (χ1v) is 5.30. The van der Waals surface area contributed by atoms with Crippen molar-refractivity contribution in [1.82, 2.24) is 14.8 Å². The van der Waals surface area contributed by atoms with Crippen molar-refractivity contribution >= 4 is 0 Å². The van der Waals surface area contributed by atoms with E-state index in [1.165, 1.54) is 6.42 Å². The minimum Gasteiger partial charge on any atom is -0.329 e. The Hall–Kier alpha value is -0.900. The zero-order valence-electron chi connectivity index (χ0n) is 8.90. The van der Waals surface area contributed by atoms with E-state index in [0.29, 0.717) is 12.6 Å². The van der Waals surface area contributed by atoms with Crippen LogP contribution in [-0.2, 0) is 5.41 Å². The fourth-order valence-electron chi connectivity index (χ4n) is 2.12. The van der Waals surface area contributed by atoms with Crippen molar-refractivity contribution in [3.05, 3.63) is 12.2 Å². The molecule has 0 unspecified atom stereocenters. The van der Waals surface area contributed by atoms with Crippen LogP contribution in [-0.4, -0.2) is 21.3 Å². The van der Waals surface area contributed by atoms with Crippen molar-refractivity contribution in [2.45, 2.75) is 44.6 Å². The van der Waals surface area contributed by atoms with Crippen LogP contribution in [0.15, 0.2) is 6.33 Å². The molecule has 4 nitrogen and oxygen atoms in total. The Balaban J connectivity index is 2.35. The largest absolute Gasteiger partial charge is 0.329 e. The average molecular weight is 194 g/mol. The average Bonchev–Trinajstić information content (AvgIpc) is 2.52. The van der Waals surface area contributed by atoms with Crippen LogP contribution in [0.25, 0.3) is 0 Å². The Morgan fingerprint density at radius 1 is 1.57 bits per heavy atom. The summed E-state index contributed by atoms with van der Waals surface area (Å²) in [5.41, 5.74) is 5.97. The number of aromatic nitrogens is 3. The number of hydrogen-bond acceptors (Lipinski definition) is 3. The second-order valence-electron chi connectivity index (χ2n) is 4.49. The standard InChI is InChI=1S/C10H18N4/c1-8(2)14-7-12-13-9(14)10(6-11)4-3-5-10/h7-8H,3-6,11H2,1-2H3. The zero-order valence-corrected chi connectivity index (χ0v) is 8.90. The van der Waals surface area contributed by atoms with Gasteiger partial charge in [0.25, 0.3) is 0 Å². The highest BCUT2D eigenvalue weighted by Crippen LogP contribution is 2.42. The van der Waals surface area contributed by atoms with Gasteiger partial charge in [-0.15, -0.1) is 10.2 Å². The quantitative estimate of drug-likeness (QED) is 0.787. The molecular formula is C10H18N4. The number of nitrogens with zero attached hydrogens (tertiary/aromatic N) is 3. The van der Waals surface area contributed by atoms with E-state index in [1.807, 2.05) is 6.33 Å². The van der Waals surface area contributed by atoms with Crippen molar-refractivity contribution in [2.24, 2.45) is 5.73 Å². The number of nitrogens with two attached hydrogens (primary N) is 1. The summed E-state index contributed by atoms with van der Waals surface area (Å²) in [4.78, 5) is 0. The minimum atomic E-state index is 0.126. The lowest BCUT2D eigenvalue weighted by Gasteiger charge is -2.40. The highest BCUT2D eigenvalue weighted by molar-refractivity contribution is 5.14. The summed E-state index contributed by atoms with van der Waals surface area (Å²) in [7, 11) is 0. The third kappa shape index (κ3) is 1.25. The summed E-state index contributed by atoms with van der Waals surface area (Å²) in [5.74, 6) is 1.08. The molecule has 0 bridgehead atoms. The van der Waals surface area contributed by atoms with Crippen LogP contribution in [0.3, 0.4) is 0 Å². The maximum absolute atomic E-state index is 5.85. The molecule has 0 aliphatic heterocycles. The summed E-state index contributed by atoms with van der Waals surface area (Å²) in [6.45, 7) is 4.99. The molecule has 1 aromatic rings. The first kappa shape index (κ1) is 9.65. The van der Waals surface area contributed by atoms with Crippen molar-refractivity contribution in [1.29, 1.82) is 0 Å². The Kier molecular flexibility index (Phi) is 2.31. The van der Waals surface area contributed by atoms with E-state index in [9.17, 15) is 0 Å². The van der Waals surface area contributed by atoms with Gasteiger partial charge in [0.2, 0.25) is 0 Å². The van der Waals surface area contributed by atoms with Gasteiger partial charge < -0.3 is 10.3 Å². The highest BCUT2D eigenvalue weighted by Gasteiger charge is 2.41. The van der Waals surface area contributed by atoms with Gasteiger partial charge >= 0.3 is 0 Å². The van der Waals surface area contributed by atoms with Gasteiger partial charge in [-0.25, -0.2) is 0 Å². The summed E-state index contributed by atoms with van der Waals surface area (Å²) >= 11 is 0. The molecule has 0 saturated heterocycles. The fourth-order valence-corrected chi connectivity index (χ4v) is 2.12. The monoisotopic (exact) mass is 194 g/mol. The SMILES string of the molecule is CC(C)n1cnnc1C1(CN)CCC1. The van der Waals surface area contributed by atoms with Crippen LogP contribution in [0.2, 0.25) is 0 Å².